The van der Waals surface area contributed by atoms with Gasteiger partial charge < -0.3 is 4.90 Å². The van der Waals surface area contributed by atoms with Crippen LogP contribution in [0, 0.1) is 17.8 Å². The number of rotatable bonds is 2. The zero-order valence-corrected chi connectivity index (χ0v) is 11.2. The number of likely N-dealkylation sites (tertiary alicyclic amines) is 1. The summed E-state index contributed by atoms with van der Waals surface area (Å²) in [5.41, 5.74) is 1.61. The predicted octanol–water partition coefficient (Wildman–Crippen LogP) is 3.71. The normalized spacial score (nSPS) is 37.2. The second-order valence-corrected chi connectivity index (χ2v) is 6.08. The quantitative estimate of drug-likeness (QED) is 0.643. The molecule has 0 bridgehead atoms. The Bertz CT molecular complexity index is 250. The van der Waals surface area contributed by atoms with Crippen LogP contribution in [-0.4, -0.2) is 24.5 Å². The van der Waals surface area contributed by atoms with Crippen LogP contribution >= 0.6 is 0 Å². The van der Waals surface area contributed by atoms with E-state index in [2.05, 4.69) is 31.7 Å². The van der Waals surface area contributed by atoms with Crippen LogP contribution in [0.25, 0.3) is 0 Å². The van der Waals surface area contributed by atoms with Gasteiger partial charge in [-0.3, -0.25) is 0 Å². The summed E-state index contributed by atoms with van der Waals surface area (Å²) in [6, 6.07) is 0. The minimum atomic E-state index is 0.783. The van der Waals surface area contributed by atoms with Crippen molar-refractivity contribution in [2.24, 2.45) is 17.8 Å². The molecule has 1 fully saturated rings. The number of piperidine rings is 1. The van der Waals surface area contributed by atoms with Gasteiger partial charge in [0.15, 0.2) is 0 Å². The van der Waals surface area contributed by atoms with Crippen molar-refractivity contribution in [1.82, 2.24) is 4.90 Å². The summed E-state index contributed by atoms with van der Waals surface area (Å²) in [6.07, 6.45) is 8.12. The first-order valence-electron chi connectivity index (χ1n) is 7.06. The summed E-state index contributed by atoms with van der Waals surface area (Å²) in [7, 11) is 0. The van der Waals surface area contributed by atoms with Crippen LogP contribution in [0.1, 0.15) is 46.5 Å². The molecule has 92 valence electrons. The third-order valence-corrected chi connectivity index (χ3v) is 4.52. The third kappa shape index (κ3) is 2.88. The first kappa shape index (κ1) is 12.2. The Kier molecular flexibility index (Phi) is 4.07. The maximum absolute atomic E-state index is 2.70. The Balaban J connectivity index is 1.92. The van der Waals surface area contributed by atoms with Crippen LogP contribution < -0.4 is 0 Å². The van der Waals surface area contributed by atoms with Crippen molar-refractivity contribution in [3.8, 4) is 0 Å². The standard InChI is InChI=1S/C15H27N/c1-12-9-13(2)15(14(3)10-12)11-16-7-5-4-6-8-16/h9,13-15H,4-8,10-11H2,1-3H3/t13-,14-,15+/m0/s1. The smallest absolute Gasteiger partial charge is 0.00178 e. The average molecular weight is 221 g/mol. The molecule has 1 aliphatic heterocycles. The molecule has 0 N–H and O–H groups in total. The van der Waals surface area contributed by atoms with Crippen molar-refractivity contribution in [2.45, 2.75) is 46.5 Å². The summed E-state index contributed by atoms with van der Waals surface area (Å²) >= 11 is 0. The average Bonchev–Trinajstić information content (AvgIpc) is 2.25. The minimum absolute atomic E-state index is 0.783. The van der Waals surface area contributed by atoms with E-state index in [9.17, 15) is 0 Å². The number of nitrogens with zero attached hydrogens (tertiary/aromatic N) is 1. The van der Waals surface area contributed by atoms with Gasteiger partial charge in [0.2, 0.25) is 0 Å². The molecule has 1 heteroatoms. The minimum Gasteiger partial charge on any atom is -0.303 e. The number of hydrogen-bond donors (Lipinski definition) is 0. The largest absolute Gasteiger partial charge is 0.303 e. The molecule has 1 heterocycles. The Labute approximate surface area is 101 Å². The molecule has 1 saturated heterocycles. The van der Waals surface area contributed by atoms with Crippen LogP contribution in [0.5, 0.6) is 0 Å². The first-order chi connectivity index (χ1) is 7.66. The molecule has 0 aromatic heterocycles. The topological polar surface area (TPSA) is 3.24 Å². The highest BCUT2D eigenvalue weighted by Gasteiger charge is 2.28. The van der Waals surface area contributed by atoms with Gasteiger partial charge in [-0.1, -0.05) is 31.9 Å². The van der Waals surface area contributed by atoms with E-state index in [0.29, 0.717) is 0 Å². The van der Waals surface area contributed by atoms with E-state index in [0.717, 1.165) is 17.8 Å². The summed E-state index contributed by atoms with van der Waals surface area (Å²) in [6.45, 7) is 11.2. The summed E-state index contributed by atoms with van der Waals surface area (Å²) in [5.74, 6) is 2.55. The van der Waals surface area contributed by atoms with Gasteiger partial charge in [-0.25, -0.2) is 0 Å². The van der Waals surface area contributed by atoms with Crippen molar-refractivity contribution in [2.75, 3.05) is 19.6 Å². The lowest BCUT2D eigenvalue weighted by atomic mass is 9.74. The van der Waals surface area contributed by atoms with E-state index in [-0.39, 0.29) is 0 Å². The molecule has 0 spiro atoms. The molecule has 0 saturated carbocycles. The second kappa shape index (κ2) is 5.35. The van der Waals surface area contributed by atoms with Crippen LogP contribution in [0.2, 0.25) is 0 Å². The molecule has 3 atom stereocenters. The Morgan fingerprint density at radius 2 is 1.88 bits per heavy atom. The maximum atomic E-state index is 2.70. The summed E-state index contributed by atoms with van der Waals surface area (Å²) < 4.78 is 0. The lowest BCUT2D eigenvalue weighted by Crippen LogP contribution is -2.39. The lowest BCUT2D eigenvalue weighted by Gasteiger charge is -2.38. The SMILES string of the molecule is CC1=C[C@H](C)[C@@H](CN2CCCCC2)[C@@H](C)C1. The fourth-order valence-corrected chi connectivity index (χ4v) is 3.60. The van der Waals surface area contributed by atoms with Gasteiger partial charge in [0.25, 0.3) is 0 Å². The van der Waals surface area contributed by atoms with E-state index in [4.69, 9.17) is 0 Å². The first-order valence-corrected chi connectivity index (χ1v) is 7.06. The molecule has 0 aromatic carbocycles. The van der Waals surface area contributed by atoms with Gasteiger partial charge in [0, 0.05) is 6.54 Å². The van der Waals surface area contributed by atoms with Gasteiger partial charge in [0.1, 0.15) is 0 Å². The van der Waals surface area contributed by atoms with Crippen molar-refractivity contribution >= 4 is 0 Å². The lowest BCUT2D eigenvalue weighted by molar-refractivity contribution is 0.141. The maximum Gasteiger partial charge on any atom is 0.00178 e. The van der Waals surface area contributed by atoms with Gasteiger partial charge in [-0.2, -0.15) is 0 Å². The van der Waals surface area contributed by atoms with Gasteiger partial charge >= 0.3 is 0 Å². The highest BCUT2D eigenvalue weighted by Crippen LogP contribution is 2.34. The zero-order chi connectivity index (χ0) is 11.5. The van der Waals surface area contributed by atoms with E-state index in [1.54, 1.807) is 5.57 Å². The van der Waals surface area contributed by atoms with Crippen LogP contribution in [0.4, 0.5) is 0 Å². The number of hydrogen-bond acceptors (Lipinski definition) is 1. The molecule has 0 radical (unpaired) electrons. The van der Waals surface area contributed by atoms with Crippen LogP contribution in [0.3, 0.4) is 0 Å². The van der Waals surface area contributed by atoms with E-state index in [1.807, 2.05) is 0 Å². The summed E-state index contributed by atoms with van der Waals surface area (Å²) in [5, 5.41) is 0. The molecule has 1 nitrogen and oxygen atoms in total. The van der Waals surface area contributed by atoms with E-state index in [1.165, 1.54) is 45.3 Å². The van der Waals surface area contributed by atoms with Crippen molar-refractivity contribution in [3.63, 3.8) is 0 Å². The van der Waals surface area contributed by atoms with Gasteiger partial charge in [-0.15, -0.1) is 0 Å². The van der Waals surface area contributed by atoms with Crippen LogP contribution in [-0.2, 0) is 0 Å². The third-order valence-electron chi connectivity index (χ3n) is 4.52. The van der Waals surface area contributed by atoms with E-state index < -0.39 is 0 Å². The molecular formula is C15H27N. The molecular weight excluding hydrogens is 194 g/mol. The predicted molar refractivity (Wildman–Crippen MR) is 70.5 cm³/mol. The fourth-order valence-electron chi connectivity index (χ4n) is 3.60. The van der Waals surface area contributed by atoms with Crippen molar-refractivity contribution in [1.29, 1.82) is 0 Å². The zero-order valence-electron chi connectivity index (χ0n) is 11.2. The van der Waals surface area contributed by atoms with Crippen molar-refractivity contribution < 1.29 is 0 Å². The highest BCUT2D eigenvalue weighted by atomic mass is 15.1. The molecule has 2 aliphatic rings. The fraction of sp³-hybridized carbons (Fsp3) is 0.867. The molecule has 16 heavy (non-hydrogen) atoms. The second-order valence-electron chi connectivity index (χ2n) is 6.08. The molecule has 2 rings (SSSR count). The van der Waals surface area contributed by atoms with Crippen molar-refractivity contribution in [3.05, 3.63) is 11.6 Å². The van der Waals surface area contributed by atoms with Gasteiger partial charge in [-0.05, 0) is 57.0 Å². The van der Waals surface area contributed by atoms with Gasteiger partial charge in [0.05, 0.1) is 0 Å². The molecule has 0 amide bonds. The Hall–Kier alpha value is -0.300. The summed E-state index contributed by atoms with van der Waals surface area (Å²) in [4.78, 5) is 2.70. The van der Waals surface area contributed by atoms with Crippen LogP contribution in [0.15, 0.2) is 11.6 Å². The highest BCUT2D eigenvalue weighted by molar-refractivity contribution is 5.08. The number of allylic oxidation sites excluding steroid dienone is 2. The molecule has 0 unspecified atom stereocenters. The monoisotopic (exact) mass is 221 g/mol. The van der Waals surface area contributed by atoms with E-state index >= 15 is 0 Å². The molecule has 1 aliphatic carbocycles. The Morgan fingerprint density at radius 3 is 2.50 bits per heavy atom. The Morgan fingerprint density at radius 1 is 1.19 bits per heavy atom. The molecule has 0 aromatic rings.